The molecule has 2 saturated heterocycles. The molecule has 2 heterocycles. The Morgan fingerprint density at radius 2 is 0.831 bits per heavy atom. The average molecular weight is 1220 g/mol. The smallest absolute Gasteiger partial charge is 0.338 e. The molecule has 0 unspecified atom stereocenters. The van der Waals surface area contributed by atoms with Crippen LogP contribution in [0, 0.1) is 42.6 Å². The van der Waals surface area contributed by atoms with Gasteiger partial charge < -0.3 is 52.1 Å². The van der Waals surface area contributed by atoms with E-state index in [-0.39, 0.29) is 11.1 Å². The summed E-state index contributed by atoms with van der Waals surface area (Å²) in [4.78, 5) is 109. The summed E-state index contributed by atoms with van der Waals surface area (Å²) in [6.45, 7) is 16.1. The van der Waals surface area contributed by atoms with E-state index in [1.165, 1.54) is 65.8 Å². The molecular formula is C50H64I2O19. The van der Waals surface area contributed by atoms with Crippen LogP contribution in [0.3, 0.4) is 0 Å². The predicted molar refractivity (Wildman–Crippen MR) is 266 cm³/mol. The highest BCUT2D eigenvalue weighted by molar-refractivity contribution is 14.1. The molecule has 2 fully saturated rings. The summed E-state index contributed by atoms with van der Waals surface area (Å²) in [5, 5.41) is 0. The van der Waals surface area contributed by atoms with Crippen molar-refractivity contribution >= 4 is 92.9 Å². The van der Waals surface area contributed by atoms with Crippen molar-refractivity contribution < 1.29 is 90.5 Å². The molecule has 2 aromatic rings. The molecule has 0 bridgehead atoms. The molecule has 2 aromatic carbocycles. The Kier molecular flexibility index (Phi) is 22.0. The summed E-state index contributed by atoms with van der Waals surface area (Å²) in [5.41, 5.74) is 0.302. The van der Waals surface area contributed by atoms with Crippen LogP contribution in [-0.4, -0.2) is 122 Å². The van der Waals surface area contributed by atoms with E-state index in [0.29, 0.717) is 0 Å². The van der Waals surface area contributed by atoms with Gasteiger partial charge in [-0.3, -0.25) is 28.8 Å². The topological polar surface area (TPSA) is 238 Å². The molecule has 0 radical (unpaired) electrons. The molecule has 392 valence electrons. The highest BCUT2D eigenvalue weighted by atomic mass is 127. The van der Waals surface area contributed by atoms with Crippen molar-refractivity contribution in [3.05, 3.63) is 66.8 Å². The zero-order chi connectivity index (χ0) is 53.1. The number of ether oxygens (including phenoxy) is 11. The first-order chi connectivity index (χ1) is 33.2. The van der Waals surface area contributed by atoms with Crippen molar-refractivity contribution in [1.29, 1.82) is 0 Å². The minimum atomic E-state index is -2.62. The van der Waals surface area contributed by atoms with E-state index in [9.17, 15) is 38.4 Å². The fourth-order valence-electron chi connectivity index (χ4n) is 6.54. The normalized spacial score (nSPS) is 24.2. The first kappa shape index (κ1) is 59.1. The number of carbonyl (C=O) groups excluding carboxylic acids is 8. The second-order valence-corrected chi connectivity index (χ2v) is 21.3. The summed E-state index contributed by atoms with van der Waals surface area (Å²) in [6.07, 6.45) is -14.1. The number of hydrogen-bond donors (Lipinski definition) is 0. The zero-order valence-electron chi connectivity index (χ0n) is 41.8. The lowest BCUT2D eigenvalue weighted by atomic mass is 9.96. The van der Waals surface area contributed by atoms with Gasteiger partial charge in [-0.05, 0) is 93.7 Å². The number of hydrogen-bond acceptors (Lipinski definition) is 19. The minimum Gasteiger partial charge on any atom is -0.460 e. The lowest BCUT2D eigenvalue weighted by molar-refractivity contribution is -0.385. The maximum Gasteiger partial charge on any atom is 0.338 e. The van der Waals surface area contributed by atoms with Gasteiger partial charge in [0, 0.05) is 7.14 Å². The van der Waals surface area contributed by atoms with Gasteiger partial charge in [-0.25, -0.2) is 9.59 Å². The lowest BCUT2D eigenvalue weighted by Gasteiger charge is -2.47. The molecular weight excluding hydrogens is 1160 g/mol. The van der Waals surface area contributed by atoms with Crippen molar-refractivity contribution in [2.75, 3.05) is 19.8 Å². The summed E-state index contributed by atoms with van der Waals surface area (Å²) in [6, 6.07) is 12.8. The molecule has 2 aliphatic rings. The highest BCUT2D eigenvalue weighted by Crippen LogP contribution is 2.42. The monoisotopic (exact) mass is 1220 g/mol. The largest absolute Gasteiger partial charge is 0.460 e. The number of esters is 8. The summed E-state index contributed by atoms with van der Waals surface area (Å²) in [7, 11) is 0. The lowest BCUT2D eigenvalue weighted by Crippen LogP contribution is -2.66. The Morgan fingerprint density at radius 3 is 1.25 bits per heavy atom. The second kappa shape index (κ2) is 26.5. The molecule has 0 N–H and O–H groups in total. The Labute approximate surface area is 440 Å². The fourth-order valence-corrected chi connectivity index (χ4v) is 7.26. The predicted octanol–water partition coefficient (Wildman–Crippen LogP) is 6.78. The van der Waals surface area contributed by atoms with Crippen LogP contribution in [0.5, 0.6) is 0 Å². The van der Waals surface area contributed by atoms with Crippen molar-refractivity contribution in [2.45, 2.75) is 138 Å². The minimum absolute atomic E-state index is 0.145. The van der Waals surface area contributed by atoms with E-state index in [1.807, 2.05) is 0 Å². The first-order valence-corrected chi connectivity index (χ1v) is 25.5. The van der Waals surface area contributed by atoms with Crippen LogP contribution in [0.25, 0.3) is 0 Å². The molecule has 0 aliphatic carbocycles. The zero-order valence-corrected chi connectivity index (χ0v) is 46.2. The summed E-state index contributed by atoms with van der Waals surface area (Å²) < 4.78 is 69.1. The van der Waals surface area contributed by atoms with E-state index < -0.39 is 158 Å². The molecule has 0 spiro atoms. The van der Waals surface area contributed by atoms with E-state index in [1.54, 1.807) is 65.8 Å². The molecule has 71 heavy (non-hydrogen) atoms. The molecule has 2 aliphatic heterocycles. The van der Waals surface area contributed by atoms with Crippen molar-refractivity contribution in [2.24, 2.45) is 35.5 Å². The van der Waals surface area contributed by atoms with Crippen LogP contribution in [0.15, 0.2) is 48.5 Å². The van der Waals surface area contributed by atoms with Gasteiger partial charge in [0.1, 0.15) is 32.0 Å². The van der Waals surface area contributed by atoms with Crippen LogP contribution >= 0.6 is 45.2 Å². The molecule has 9 atom stereocenters. The van der Waals surface area contributed by atoms with Crippen LogP contribution in [-0.2, 0) is 80.9 Å². The van der Waals surface area contributed by atoms with E-state index in [2.05, 4.69) is 45.2 Å². The van der Waals surface area contributed by atoms with Gasteiger partial charge in [0.05, 0.1) is 46.6 Å². The van der Waals surface area contributed by atoms with Crippen LogP contribution in [0.4, 0.5) is 0 Å². The summed E-state index contributed by atoms with van der Waals surface area (Å²) in [5.74, 6) is -14.0. The van der Waals surface area contributed by atoms with Gasteiger partial charge in [-0.2, -0.15) is 0 Å². The van der Waals surface area contributed by atoms with E-state index in [0.717, 1.165) is 7.14 Å². The number of carbonyl (C=O) groups is 8. The third-order valence-corrected chi connectivity index (χ3v) is 12.2. The third kappa shape index (κ3) is 16.3. The number of halogens is 2. The maximum atomic E-state index is 13.8. The van der Waals surface area contributed by atoms with Crippen LogP contribution < -0.4 is 0 Å². The number of benzene rings is 2. The Hall–Kier alpha value is -4.46. The Bertz CT molecular complexity index is 2190. The Morgan fingerprint density at radius 1 is 0.465 bits per heavy atom. The summed E-state index contributed by atoms with van der Waals surface area (Å²) >= 11 is 4.14. The first-order valence-electron chi connectivity index (χ1n) is 23.3. The van der Waals surface area contributed by atoms with Gasteiger partial charge in [-0.15, -0.1) is 0 Å². The Balaban J connectivity index is 2.00. The van der Waals surface area contributed by atoms with Gasteiger partial charge in [0.15, 0.2) is 30.5 Å². The van der Waals surface area contributed by atoms with Crippen LogP contribution in [0.1, 0.15) is 104 Å². The van der Waals surface area contributed by atoms with E-state index >= 15 is 0 Å². The number of rotatable bonds is 21. The van der Waals surface area contributed by atoms with Gasteiger partial charge >= 0.3 is 47.8 Å². The average Bonchev–Trinajstić information content (AvgIpc) is 3.58. The molecule has 0 amide bonds. The molecule has 19 nitrogen and oxygen atoms in total. The van der Waals surface area contributed by atoms with Crippen LogP contribution in [0.2, 0.25) is 0 Å². The highest BCUT2D eigenvalue weighted by Gasteiger charge is 2.65. The molecule has 0 aromatic heterocycles. The maximum absolute atomic E-state index is 13.8. The standard InChI is InChI=1S/C50H64I2O19/c1-24(2)41(53)63-23-50(40(69-46(58)29(11)12)37(66-43(55)26(5)6)35(70-50)22-62-48(60)31-15-19-33(52)20-16-31)71-49-39(68-45(57)28(9)10)38(67-44(56)27(7)8)36(65-42(54)25(3)4)34(64-49)21-61-47(59)30-13-17-32(51)18-14-30/h13-20,24-29,34-40,49H,21-23H2,1-12H3/t34-,35-,36-,37-,38+,39-,40+,49-,50+/m1/s1. The van der Waals surface area contributed by atoms with Gasteiger partial charge in [-0.1, -0.05) is 83.1 Å². The fraction of sp³-hybridized carbons (Fsp3) is 0.600. The molecule has 0 saturated carbocycles. The van der Waals surface area contributed by atoms with Crippen molar-refractivity contribution in [1.82, 2.24) is 0 Å². The molecule has 4 rings (SSSR count). The van der Waals surface area contributed by atoms with Gasteiger partial charge in [0.2, 0.25) is 12.1 Å². The van der Waals surface area contributed by atoms with Crippen molar-refractivity contribution in [3.63, 3.8) is 0 Å². The quantitative estimate of drug-likeness (QED) is 0.0711. The SMILES string of the molecule is CC(C)C(=O)OC[C@@]1(O[C@H]2O[C@H](COC(=O)c3ccc(I)cc3)[C@@H](OC(=O)C(C)C)[C@H](OC(=O)C(C)C)[C@H]2OC(=O)C(C)C)O[C@H](COC(=O)c2ccc(I)cc2)[C@@H](OC(=O)C(C)C)[C@@H]1OC(=O)C(C)C. The second-order valence-electron chi connectivity index (χ2n) is 18.8. The van der Waals surface area contributed by atoms with E-state index in [4.69, 9.17) is 52.1 Å². The molecule has 21 heteroatoms. The third-order valence-electron chi connectivity index (χ3n) is 10.8. The van der Waals surface area contributed by atoms with Crippen molar-refractivity contribution in [3.8, 4) is 0 Å². The van der Waals surface area contributed by atoms with Gasteiger partial charge in [0.25, 0.3) is 0 Å².